The third kappa shape index (κ3) is 2.84. The second-order valence-corrected chi connectivity index (χ2v) is 6.58. The van der Waals surface area contributed by atoms with Crippen molar-refractivity contribution in [1.29, 1.82) is 0 Å². The Kier molecular flexibility index (Phi) is 3.89. The number of carboxylic acid groups (broad SMARTS) is 1. The van der Waals surface area contributed by atoms with Gasteiger partial charge in [-0.15, -0.1) is 0 Å². The number of nitrogens with zero attached hydrogens (tertiary/aromatic N) is 1. The van der Waals surface area contributed by atoms with Gasteiger partial charge in [0.05, 0.1) is 5.52 Å². The van der Waals surface area contributed by atoms with E-state index in [4.69, 9.17) is 5.11 Å². The van der Waals surface area contributed by atoms with Crippen LogP contribution in [0.1, 0.15) is 23.3 Å². The highest BCUT2D eigenvalue weighted by molar-refractivity contribution is 9.10. The van der Waals surface area contributed by atoms with Gasteiger partial charge in [-0.25, -0.2) is 9.18 Å². The molecule has 1 saturated heterocycles. The van der Waals surface area contributed by atoms with Crippen LogP contribution in [0.2, 0.25) is 0 Å². The minimum absolute atomic E-state index is 0.0335. The predicted molar refractivity (Wildman–Crippen MR) is 83.7 cm³/mol. The second-order valence-electron chi connectivity index (χ2n) is 5.66. The fraction of sp³-hybridized carbons (Fsp3) is 0.333. The fourth-order valence-electron chi connectivity index (χ4n) is 2.74. The summed E-state index contributed by atoms with van der Waals surface area (Å²) in [5, 5.41) is 19.2. The van der Waals surface area contributed by atoms with E-state index in [2.05, 4.69) is 20.9 Å². The molecule has 6 nitrogen and oxygen atoms in total. The van der Waals surface area contributed by atoms with Crippen LogP contribution in [-0.4, -0.2) is 50.7 Å². The summed E-state index contributed by atoms with van der Waals surface area (Å²) in [4.78, 5) is 27.8. The lowest BCUT2D eigenvalue weighted by Gasteiger charge is -2.35. The molecule has 1 aromatic carbocycles. The Hall–Kier alpha value is -1.93. The van der Waals surface area contributed by atoms with E-state index in [1.165, 1.54) is 17.0 Å². The fourth-order valence-corrected chi connectivity index (χ4v) is 3.17. The van der Waals surface area contributed by atoms with Crippen molar-refractivity contribution in [3.8, 4) is 0 Å². The summed E-state index contributed by atoms with van der Waals surface area (Å²) in [7, 11) is 0. The molecule has 1 amide bonds. The molecule has 0 bridgehead atoms. The summed E-state index contributed by atoms with van der Waals surface area (Å²) < 4.78 is 14.4. The maximum atomic E-state index is 13.9. The van der Waals surface area contributed by atoms with E-state index in [-0.39, 0.29) is 37.5 Å². The van der Waals surface area contributed by atoms with Crippen molar-refractivity contribution in [2.24, 2.45) is 0 Å². The number of aromatic nitrogens is 1. The van der Waals surface area contributed by atoms with Gasteiger partial charge in [0.2, 0.25) is 0 Å². The molecule has 0 unspecified atom stereocenters. The number of aliphatic hydroxyl groups is 1. The number of hydrogen-bond acceptors (Lipinski definition) is 3. The van der Waals surface area contributed by atoms with Crippen LogP contribution in [0.15, 0.2) is 22.7 Å². The van der Waals surface area contributed by atoms with Gasteiger partial charge >= 0.3 is 5.97 Å². The van der Waals surface area contributed by atoms with Crippen molar-refractivity contribution in [2.45, 2.75) is 18.4 Å². The number of carbonyl (C=O) groups excluding carboxylic acids is 1. The van der Waals surface area contributed by atoms with Gasteiger partial charge in [0, 0.05) is 35.8 Å². The number of hydrogen-bond donors (Lipinski definition) is 3. The van der Waals surface area contributed by atoms with Crippen molar-refractivity contribution in [3.05, 3.63) is 34.2 Å². The number of aliphatic carboxylic acids is 1. The minimum atomic E-state index is -1.78. The molecule has 8 heteroatoms. The van der Waals surface area contributed by atoms with Crippen molar-refractivity contribution in [2.75, 3.05) is 13.1 Å². The standard InChI is InChI=1S/C15H14BrFN2O4/c16-8-5-10(17)9-7-12(18-11(9)6-8)13(20)19-3-1-15(23,2-4-19)14(21)22/h5-7,18,23H,1-4H2,(H,21,22). The molecule has 1 fully saturated rings. The monoisotopic (exact) mass is 384 g/mol. The number of H-pyrrole nitrogens is 1. The van der Waals surface area contributed by atoms with Crippen molar-refractivity contribution >= 4 is 38.7 Å². The van der Waals surface area contributed by atoms with E-state index >= 15 is 0 Å². The Morgan fingerprint density at radius 3 is 2.52 bits per heavy atom. The van der Waals surface area contributed by atoms with Crippen LogP contribution in [0, 0.1) is 5.82 Å². The van der Waals surface area contributed by atoms with Gasteiger partial charge in [-0.05, 0) is 18.2 Å². The van der Waals surface area contributed by atoms with Gasteiger partial charge in [-0.1, -0.05) is 15.9 Å². The number of piperidine rings is 1. The normalized spacial score (nSPS) is 17.4. The zero-order valence-electron chi connectivity index (χ0n) is 12.0. The average molecular weight is 385 g/mol. The van der Waals surface area contributed by atoms with Crippen LogP contribution in [-0.2, 0) is 4.79 Å². The maximum Gasteiger partial charge on any atom is 0.335 e. The topological polar surface area (TPSA) is 93.6 Å². The molecular weight excluding hydrogens is 371 g/mol. The zero-order chi connectivity index (χ0) is 16.8. The van der Waals surface area contributed by atoms with Gasteiger partial charge < -0.3 is 20.1 Å². The van der Waals surface area contributed by atoms with Crippen LogP contribution in [0.5, 0.6) is 0 Å². The molecule has 0 aliphatic carbocycles. The van der Waals surface area contributed by atoms with E-state index in [1.807, 2.05) is 0 Å². The Morgan fingerprint density at radius 1 is 1.26 bits per heavy atom. The summed E-state index contributed by atoms with van der Waals surface area (Å²) in [6, 6.07) is 4.43. The third-order valence-corrected chi connectivity index (χ3v) is 4.62. The zero-order valence-corrected chi connectivity index (χ0v) is 13.6. The van der Waals surface area contributed by atoms with Gasteiger partial charge in [0.15, 0.2) is 5.60 Å². The van der Waals surface area contributed by atoms with Gasteiger partial charge in [0.1, 0.15) is 11.5 Å². The van der Waals surface area contributed by atoms with Gasteiger partial charge in [0.25, 0.3) is 5.91 Å². The Labute approximate surface area is 139 Å². The number of nitrogens with one attached hydrogen (secondary N) is 1. The number of fused-ring (bicyclic) bond motifs is 1. The molecule has 0 saturated carbocycles. The molecule has 0 atom stereocenters. The summed E-state index contributed by atoms with van der Waals surface area (Å²) >= 11 is 3.19. The van der Waals surface area contributed by atoms with Crippen LogP contribution in [0.4, 0.5) is 4.39 Å². The van der Waals surface area contributed by atoms with E-state index < -0.39 is 17.4 Å². The van der Waals surface area contributed by atoms with Crippen LogP contribution in [0.3, 0.4) is 0 Å². The van der Waals surface area contributed by atoms with E-state index in [1.54, 1.807) is 6.07 Å². The first-order valence-electron chi connectivity index (χ1n) is 7.03. The van der Waals surface area contributed by atoms with Crippen molar-refractivity contribution < 1.29 is 24.2 Å². The highest BCUT2D eigenvalue weighted by Crippen LogP contribution is 2.27. The molecule has 1 aromatic heterocycles. The molecular formula is C15H14BrFN2O4. The van der Waals surface area contributed by atoms with E-state index in [9.17, 15) is 19.1 Å². The number of benzene rings is 1. The average Bonchev–Trinajstić information content (AvgIpc) is 2.91. The molecule has 0 spiro atoms. The largest absolute Gasteiger partial charge is 0.479 e. The minimum Gasteiger partial charge on any atom is -0.479 e. The molecule has 1 aliphatic heterocycles. The number of rotatable bonds is 2. The van der Waals surface area contributed by atoms with Crippen molar-refractivity contribution in [3.63, 3.8) is 0 Å². The third-order valence-electron chi connectivity index (χ3n) is 4.16. The quantitative estimate of drug-likeness (QED) is 0.739. The first kappa shape index (κ1) is 15.9. The predicted octanol–water partition coefficient (Wildman–Crippen LogP) is 2.12. The number of likely N-dealkylation sites (tertiary alicyclic amines) is 1. The first-order valence-corrected chi connectivity index (χ1v) is 7.82. The molecule has 2 aromatic rings. The molecule has 3 N–H and O–H groups in total. The molecule has 122 valence electrons. The highest BCUT2D eigenvalue weighted by atomic mass is 79.9. The van der Waals surface area contributed by atoms with Gasteiger partial charge in [-0.2, -0.15) is 0 Å². The molecule has 0 radical (unpaired) electrons. The number of carboxylic acids is 1. The molecule has 1 aliphatic rings. The second kappa shape index (κ2) is 5.61. The number of halogens is 2. The van der Waals surface area contributed by atoms with Crippen molar-refractivity contribution in [1.82, 2.24) is 9.88 Å². The van der Waals surface area contributed by atoms with E-state index in [0.29, 0.717) is 15.4 Å². The summed E-state index contributed by atoms with van der Waals surface area (Å²) in [5.41, 5.74) is -1.05. The number of amides is 1. The lowest BCUT2D eigenvalue weighted by atomic mass is 9.91. The van der Waals surface area contributed by atoms with Crippen LogP contribution >= 0.6 is 15.9 Å². The van der Waals surface area contributed by atoms with Crippen LogP contribution < -0.4 is 0 Å². The number of carbonyl (C=O) groups is 2. The summed E-state index contributed by atoms with van der Waals surface area (Å²) in [5.74, 6) is -2.06. The molecule has 23 heavy (non-hydrogen) atoms. The van der Waals surface area contributed by atoms with Crippen LogP contribution in [0.25, 0.3) is 10.9 Å². The maximum absolute atomic E-state index is 13.9. The summed E-state index contributed by atoms with van der Waals surface area (Å²) in [6.07, 6.45) is -0.0670. The van der Waals surface area contributed by atoms with E-state index in [0.717, 1.165) is 0 Å². The smallest absolute Gasteiger partial charge is 0.335 e. The molecule has 3 rings (SSSR count). The lowest BCUT2D eigenvalue weighted by Crippen LogP contribution is -2.50. The lowest BCUT2D eigenvalue weighted by molar-refractivity contribution is -0.162. The molecule has 2 heterocycles. The highest BCUT2D eigenvalue weighted by Gasteiger charge is 2.40. The Balaban J connectivity index is 1.82. The number of aromatic amines is 1. The Morgan fingerprint density at radius 2 is 1.91 bits per heavy atom. The first-order chi connectivity index (χ1) is 10.8. The van der Waals surface area contributed by atoms with Gasteiger partial charge in [-0.3, -0.25) is 4.79 Å². The Bertz CT molecular complexity index is 796. The summed E-state index contributed by atoms with van der Waals surface area (Å²) in [6.45, 7) is 0.256. The SMILES string of the molecule is O=C(c1cc2c(F)cc(Br)cc2[nH]1)N1CCC(O)(C(=O)O)CC1.